The van der Waals surface area contributed by atoms with E-state index in [9.17, 15) is 0 Å². The van der Waals surface area contributed by atoms with Gasteiger partial charge in [0.05, 0.1) is 11.0 Å². The molecule has 0 atom stereocenters. The number of nitrogens with zero attached hydrogens (tertiary/aromatic N) is 1. The standard InChI is InChI=1S/C24H14BrI2N/c25-17-5-1-15(2-6-17)16-3-9-20(10-4-16)28-23-11-7-18(26)13-21(23)22-14-19(27)8-12-24(22)28/h1-14H. The van der Waals surface area contributed by atoms with Crippen LogP contribution in [0.15, 0.2) is 89.4 Å². The Kier molecular flexibility index (Phi) is 4.97. The Morgan fingerprint density at radius 2 is 1.04 bits per heavy atom. The van der Waals surface area contributed by atoms with Crippen LogP contribution in [0.5, 0.6) is 0 Å². The number of hydrogen-bond donors (Lipinski definition) is 0. The number of fused-ring (bicyclic) bond motifs is 3. The second-order valence-electron chi connectivity index (χ2n) is 6.71. The van der Waals surface area contributed by atoms with Gasteiger partial charge in [0.15, 0.2) is 0 Å². The summed E-state index contributed by atoms with van der Waals surface area (Å²) in [6, 6.07) is 30.7. The lowest BCUT2D eigenvalue weighted by Gasteiger charge is -2.09. The molecule has 0 amide bonds. The fourth-order valence-electron chi connectivity index (χ4n) is 3.69. The Hall–Kier alpha value is -1.38. The first-order valence-electron chi connectivity index (χ1n) is 8.86. The summed E-state index contributed by atoms with van der Waals surface area (Å²) in [7, 11) is 0. The number of hydrogen-bond acceptors (Lipinski definition) is 0. The van der Waals surface area contributed by atoms with Crippen LogP contribution in [0.2, 0.25) is 0 Å². The van der Waals surface area contributed by atoms with Crippen LogP contribution in [0.4, 0.5) is 0 Å². The molecule has 0 aliphatic heterocycles. The maximum atomic E-state index is 3.51. The minimum atomic E-state index is 1.10. The van der Waals surface area contributed by atoms with E-state index in [2.05, 4.69) is 151 Å². The van der Waals surface area contributed by atoms with Crippen LogP contribution in [-0.4, -0.2) is 4.57 Å². The van der Waals surface area contributed by atoms with Crippen LogP contribution < -0.4 is 0 Å². The normalized spacial score (nSPS) is 11.4. The van der Waals surface area contributed by atoms with Gasteiger partial charge in [-0.15, -0.1) is 0 Å². The van der Waals surface area contributed by atoms with Crippen molar-refractivity contribution >= 4 is 82.9 Å². The summed E-state index contributed by atoms with van der Waals surface area (Å²) in [6.07, 6.45) is 0. The molecule has 0 fully saturated rings. The molecule has 0 bridgehead atoms. The average molecular weight is 650 g/mol. The first kappa shape index (κ1) is 18.6. The van der Waals surface area contributed by atoms with Gasteiger partial charge in [0, 0.05) is 28.1 Å². The van der Waals surface area contributed by atoms with E-state index in [0.29, 0.717) is 0 Å². The van der Waals surface area contributed by atoms with Crippen molar-refractivity contribution < 1.29 is 0 Å². The molecule has 136 valence electrons. The van der Waals surface area contributed by atoms with Crippen molar-refractivity contribution in [3.8, 4) is 16.8 Å². The average Bonchev–Trinajstić information content (AvgIpc) is 3.02. The molecular formula is C24H14BrI2N. The summed E-state index contributed by atoms with van der Waals surface area (Å²) in [5.41, 5.74) is 6.12. The Labute approximate surface area is 199 Å². The zero-order valence-electron chi connectivity index (χ0n) is 14.7. The van der Waals surface area contributed by atoms with Crippen LogP contribution >= 0.6 is 61.1 Å². The first-order valence-corrected chi connectivity index (χ1v) is 11.8. The number of halogens is 3. The van der Waals surface area contributed by atoms with Crippen LogP contribution in [0.1, 0.15) is 0 Å². The molecule has 0 N–H and O–H groups in total. The van der Waals surface area contributed by atoms with E-state index in [0.717, 1.165) is 4.47 Å². The molecule has 0 spiro atoms. The van der Waals surface area contributed by atoms with E-state index in [1.54, 1.807) is 0 Å². The van der Waals surface area contributed by atoms with Crippen molar-refractivity contribution in [2.75, 3.05) is 0 Å². The van der Waals surface area contributed by atoms with Gasteiger partial charge in [-0.3, -0.25) is 0 Å². The third-order valence-electron chi connectivity index (χ3n) is 4.99. The maximum absolute atomic E-state index is 3.51. The summed E-state index contributed by atoms with van der Waals surface area (Å²) in [4.78, 5) is 0. The molecule has 28 heavy (non-hydrogen) atoms. The predicted octanol–water partition coefficient (Wildman–Crippen LogP) is 8.42. The summed E-state index contributed by atoms with van der Waals surface area (Å²) < 4.78 is 5.98. The zero-order valence-corrected chi connectivity index (χ0v) is 20.6. The highest BCUT2D eigenvalue weighted by Crippen LogP contribution is 2.34. The van der Waals surface area contributed by atoms with Gasteiger partial charge >= 0.3 is 0 Å². The first-order chi connectivity index (χ1) is 13.6. The third kappa shape index (κ3) is 3.29. The van der Waals surface area contributed by atoms with Crippen molar-refractivity contribution in [3.63, 3.8) is 0 Å². The van der Waals surface area contributed by atoms with Gasteiger partial charge in [0.25, 0.3) is 0 Å². The monoisotopic (exact) mass is 649 g/mol. The second-order valence-corrected chi connectivity index (χ2v) is 10.1. The molecule has 5 aromatic rings. The van der Waals surface area contributed by atoms with Gasteiger partial charge in [-0.05, 0) is 117 Å². The maximum Gasteiger partial charge on any atom is 0.0541 e. The number of benzene rings is 4. The van der Waals surface area contributed by atoms with Crippen molar-refractivity contribution in [3.05, 3.63) is 96.5 Å². The quantitative estimate of drug-likeness (QED) is 0.169. The Balaban J connectivity index is 1.71. The molecular weight excluding hydrogens is 636 g/mol. The van der Waals surface area contributed by atoms with Gasteiger partial charge in [-0.1, -0.05) is 40.2 Å². The van der Waals surface area contributed by atoms with Gasteiger partial charge < -0.3 is 4.57 Å². The molecule has 0 aliphatic carbocycles. The Bertz CT molecular complexity index is 1260. The summed E-state index contributed by atoms with van der Waals surface area (Å²) in [5.74, 6) is 0. The fourth-order valence-corrected chi connectivity index (χ4v) is 4.94. The minimum absolute atomic E-state index is 1.10. The smallest absolute Gasteiger partial charge is 0.0541 e. The molecule has 0 saturated heterocycles. The molecule has 1 heterocycles. The van der Waals surface area contributed by atoms with Gasteiger partial charge in [0.2, 0.25) is 0 Å². The van der Waals surface area contributed by atoms with Crippen molar-refractivity contribution in [1.82, 2.24) is 4.57 Å². The SMILES string of the molecule is Brc1ccc(-c2ccc(-n3c4ccc(I)cc4c4cc(I)ccc43)cc2)cc1. The van der Waals surface area contributed by atoms with Crippen molar-refractivity contribution in [1.29, 1.82) is 0 Å². The molecule has 0 saturated carbocycles. The lowest BCUT2D eigenvalue weighted by Crippen LogP contribution is -1.93. The van der Waals surface area contributed by atoms with Crippen LogP contribution in [0, 0.1) is 7.14 Å². The van der Waals surface area contributed by atoms with Gasteiger partial charge in [0.1, 0.15) is 0 Å². The number of aromatic nitrogens is 1. The van der Waals surface area contributed by atoms with E-state index in [1.807, 2.05) is 0 Å². The minimum Gasteiger partial charge on any atom is -0.309 e. The van der Waals surface area contributed by atoms with Crippen molar-refractivity contribution in [2.45, 2.75) is 0 Å². The topological polar surface area (TPSA) is 4.93 Å². The Morgan fingerprint density at radius 1 is 0.571 bits per heavy atom. The van der Waals surface area contributed by atoms with Gasteiger partial charge in [-0.25, -0.2) is 0 Å². The second kappa shape index (κ2) is 7.46. The fraction of sp³-hybridized carbons (Fsp3) is 0. The molecule has 1 aromatic heterocycles. The van der Waals surface area contributed by atoms with E-state index in [1.165, 1.54) is 45.8 Å². The largest absolute Gasteiger partial charge is 0.309 e. The molecule has 4 heteroatoms. The van der Waals surface area contributed by atoms with E-state index in [4.69, 9.17) is 0 Å². The van der Waals surface area contributed by atoms with Crippen LogP contribution in [-0.2, 0) is 0 Å². The van der Waals surface area contributed by atoms with Crippen LogP contribution in [0.3, 0.4) is 0 Å². The lowest BCUT2D eigenvalue weighted by molar-refractivity contribution is 1.18. The molecule has 0 unspecified atom stereocenters. The third-order valence-corrected chi connectivity index (χ3v) is 6.86. The van der Waals surface area contributed by atoms with E-state index < -0.39 is 0 Å². The molecule has 5 rings (SSSR count). The van der Waals surface area contributed by atoms with E-state index in [-0.39, 0.29) is 0 Å². The van der Waals surface area contributed by atoms with E-state index >= 15 is 0 Å². The number of rotatable bonds is 2. The van der Waals surface area contributed by atoms with Crippen molar-refractivity contribution in [2.24, 2.45) is 0 Å². The molecule has 0 aliphatic rings. The molecule has 1 nitrogen and oxygen atoms in total. The molecule has 4 aromatic carbocycles. The lowest BCUT2D eigenvalue weighted by atomic mass is 10.1. The highest BCUT2D eigenvalue weighted by Gasteiger charge is 2.13. The van der Waals surface area contributed by atoms with Gasteiger partial charge in [-0.2, -0.15) is 0 Å². The molecule has 0 radical (unpaired) electrons. The highest BCUT2D eigenvalue weighted by atomic mass is 127. The zero-order chi connectivity index (χ0) is 19.3. The summed E-state index contributed by atoms with van der Waals surface area (Å²) in [6.45, 7) is 0. The Morgan fingerprint density at radius 3 is 1.54 bits per heavy atom. The van der Waals surface area contributed by atoms with Crippen LogP contribution in [0.25, 0.3) is 38.6 Å². The summed E-state index contributed by atoms with van der Waals surface area (Å²) in [5, 5.41) is 2.61. The highest BCUT2D eigenvalue weighted by molar-refractivity contribution is 14.1. The summed E-state index contributed by atoms with van der Waals surface area (Å²) >= 11 is 8.29. The predicted molar refractivity (Wildman–Crippen MR) is 139 cm³/mol.